The van der Waals surface area contributed by atoms with Crippen LogP contribution in [0.3, 0.4) is 0 Å². The largest absolute Gasteiger partial charge is 0.381 e. The van der Waals surface area contributed by atoms with Gasteiger partial charge in [0.1, 0.15) is 0 Å². The number of rotatable bonds is 1. The molecule has 48 valence electrons. The zero-order chi connectivity index (χ0) is 6.53. The lowest BCUT2D eigenvalue weighted by Gasteiger charge is -1.93. The van der Waals surface area contributed by atoms with E-state index >= 15 is 0 Å². The molecule has 1 rings (SSSR count). The molecule has 2 heteroatoms. The van der Waals surface area contributed by atoms with E-state index in [4.69, 9.17) is 10.00 Å². The van der Waals surface area contributed by atoms with Gasteiger partial charge in [-0.25, -0.2) is 0 Å². The van der Waals surface area contributed by atoms with Crippen molar-refractivity contribution in [3.05, 3.63) is 12.2 Å². The molecule has 0 aromatic heterocycles. The first-order valence-electron chi connectivity index (χ1n) is 3.07. The van der Waals surface area contributed by atoms with Crippen LogP contribution >= 0.6 is 0 Å². The lowest BCUT2D eigenvalue weighted by Crippen LogP contribution is -1.92. The second-order valence-electron chi connectivity index (χ2n) is 2.11. The molecule has 1 saturated heterocycles. The number of hydrogen-bond acceptors (Lipinski definition) is 2. The van der Waals surface area contributed by atoms with E-state index in [1.807, 2.05) is 12.1 Å². The molecule has 1 aliphatic heterocycles. The molecule has 0 spiro atoms. The third-order valence-corrected chi connectivity index (χ3v) is 1.41. The minimum Gasteiger partial charge on any atom is -0.381 e. The van der Waals surface area contributed by atoms with Crippen molar-refractivity contribution in [2.24, 2.45) is 5.92 Å². The maximum Gasteiger partial charge on any atom is 0.0908 e. The Morgan fingerprint density at radius 2 is 2.56 bits per heavy atom. The lowest BCUT2D eigenvalue weighted by molar-refractivity contribution is 0.191. The zero-order valence-electron chi connectivity index (χ0n) is 5.21. The summed E-state index contributed by atoms with van der Waals surface area (Å²) in [5.41, 5.74) is 0. The Hall–Kier alpha value is -0.810. The maximum absolute atomic E-state index is 8.15. The molecular formula is C7H9NO. The predicted molar refractivity (Wildman–Crippen MR) is 33.7 cm³/mol. The lowest BCUT2D eigenvalue weighted by atomic mass is 10.1. The Balaban J connectivity index is 2.28. The number of ether oxygens (including phenoxy) is 1. The van der Waals surface area contributed by atoms with Crippen molar-refractivity contribution in [2.45, 2.75) is 6.42 Å². The molecular weight excluding hydrogens is 114 g/mol. The first-order chi connectivity index (χ1) is 4.43. The van der Waals surface area contributed by atoms with Gasteiger partial charge in [0, 0.05) is 18.6 Å². The topological polar surface area (TPSA) is 33.0 Å². The fourth-order valence-corrected chi connectivity index (χ4v) is 0.884. The second-order valence-corrected chi connectivity index (χ2v) is 2.11. The Bertz CT molecular complexity index is 139. The third-order valence-electron chi connectivity index (χ3n) is 1.41. The summed E-state index contributed by atoms with van der Waals surface area (Å²) in [7, 11) is 0. The molecule has 0 bridgehead atoms. The van der Waals surface area contributed by atoms with Crippen LogP contribution in [0.25, 0.3) is 0 Å². The first-order valence-corrected chi connectivity index (χ1v) is 3.07. The van der Waals surface area contributed by atoms with E-state index < -0.39 is 0 Å². The van der Waals surface area contributed by atoms with Crippen LogP contribution in [0.1, 0.15) is 6.42 Å². The summed E-state index contributed by atoms with van der Waals surface area (Å²) in [4.78, 5) is 0. The highest BCUT2D eigenvalue weighted by atomic mass is 16.5. The van der Waals surface area contributed by atoms with E-state index in [-0.39, 0.29) is 0 Å². The Morgan fingerprint density at radius 1 is 1.67 bits per heavy atom. The van der Waals surface area contributed by atoms with Gasteiger partial charge in [-0.2, -0.15) is 5.26 Å². The summed E-state index contributed by atoms with van der Waals surface area (Å²) in [6.07, 6.45) is 4.50. The van der Waals surface area contributed by atoms with Gasteiger partial charge in [0.25, 0.3) is 0 Å². The van der Waals surface area contributed by atoms with Gasteiger partial charge in [-0.1, -0.05) is 6.08 Å². The van der Waals surface area contributed by atoms with Crippen LogP contribution < -0.4 is 0 Å². The van der Waals surface area contributed by atoms with Crippen LogP contribution in [0.2, 0.25) is 0 Å². The second kappa shape index (κ2) is 3.26. The number of hydrogen-bond donors (Lipinski definition) is 0. The standard InChI is InChI=1S/C7H9NO/c8-4-1-2-7-3-5-9-6-7/h1-2,7H,3,5-6H2/b2-1+. The van der Waals surface area contributed by atoms with Crippen LogP contribution in [-0.4, -0.2) is 13.2 Å². The van der Waals surface area contributed by atoms with E-state index in [2.05, 4.69) is 0 Å². The summed E-state index contributed by atoms with van der Waals surface area (Å²) in [6.45, 7) is 1.64. The van der Waals surface area contributed by atoms with E-state index in [0.717, 1.165) is 19.6 Å². The normalized spacial score (nSPS) is 26.8. The molecule has 0 aliphatic carbocycles. The van der Waals surface area contributed by atoms with E-state index in [1.165, 1.54) is 6.08 Å². The fraction of sp³-hybridized carbons (Fsp3) is 0.571. The number of nitrogens with zero attached hydrogens (tertiary/aromatic N) is 1. The van der Waals surface area contributed by atoms with Crippen molar-refractivity contribution >= 4 is 0 Å². The fourth-order valence-electron chi connectivity index (χ4n) is 0.884. The highest BCUT2D eigenvalue weighted by molar-refractivity contribution is 5.04. The molecule has 0 radical (unpaired) electrons. The molecule has 1 atom stereocenters. The third kappa shape index (κ3) is 1.87. The summed E-state index contributed by atoms with van der Waals surface area (Å²) >= 11 is 0. The number of allylic oxidation sites excluding steroid dienone is 1. The van der Waals surface area contributed by atoms with Crippen molar-refractivity contribution in [1.29, 1.82) is 5.26 Å². The molecule has 9 heavy (non-hydrogen) atoms. The monoisotopic (exact) mass is 123 g/mol. The predicted octanol–water partition coefficient (Wildman–Crippen LogP) is 1.10. The van der Waals surface area contributed by atoms with E-state index in [0.29, 0.717) is 5.92 Å². The molecule has 0 aromatic carbocycles. The molecule has 1 fully saturated rings. The van der Waals surface area contributed by atoms with Crippen molar-refractivity contribution < 1.29 is 4.74 Å². The van der Waals surface area contributed by atoms with Crippen molar-refractivity contribution in [3.8, 4) is 6.07 Å². The van der Waals surface area contributed by atoms with E-state index in [9.17, 15) is 0 Å². The molecule has 1 unspecified atom stereocenters. The molecule has 0 N–H and O–H groups in total. The average Bonchev–Trinajstić information content (AvgIpc) is 2.34. The molecule has 0 aromatic rings. The van der Waals surface area contributed by atoms with Gasteiger partial charge in [-0.05, 0) is 6.42 Å². The van der Waals surface area contributed by atoms with Crippen molar-refractivity contribution in [3.63, 3.8) is 0 Å². The highest BCUT2D eigenvalue weighted by Gasteiger charge is 2.10. The smallest absolute Gasteiger partial charge is 0.0908 e. The van der Waals surface area contributed by atoms with E-state index in [1.54, 1.807) is 0 Å². The van der Waals surface area contributed by atoms with Crippen molar-refractivity contribution in [1.82, 2.24) is 0 Å². The van der Waals surface area contributed by atoms with Gasteiger partial charge in [0.15, 0.2) is 0 Å². The average molecular weight is 123 g/mol. The van der Waals surface area contributed by atoms with Crippen LogP contribution in [0.15, 0.2) is 12.2 Å². The molecule has 0 saturated carbocycles. The van der Waals surface area contributed by atoms with Gasteiger partial charge in [0.2, 0.25) is 0 Å². The minimum absolute atomic E-state index is 0.490. The minimum atomic E-state index is 0.490. The van der Waals surface area contributed by atoms with Crippen LogP contribution in [0, 0.1) is 17.2 Å². The zero-order valence-corrected chi connectivity index (χ0v) is 5.21. The molecule has 1 heterocycles. The quantitative estimate of drug-likeness (QED) is 0.489. The highest BCUT2D eigenvalue weighted by Crippen LogP contribution is 2.12. The van der Waals surface area contributed by atoms with Gasteiger partial charge in [-0.3, -0.25) is 0 Å². The van der Waals surface area contributed by atoms with Crippen molar-refractivity contribution in [2.75, 3.05) is 13.2 Å². The molecule has 2 nitrogen and oxygen atoms in total. The van der Waals surface area contributed by atoms with Gasteiger partial charge in [-0.15, -0.1) is 0 Å². The Kier molecular flexibility index (Phi) is 2.29. The SMILES string of the molecule is N#C/C=C/C1CCOC1. The summed E-state index contributed by atoms with van der Waals surface area (Å²) < 4.78 is 5.09. The first kappa shape index (κ1) is 6.31. The Morgan fingerprint density at radius 3 is 3.11 bits per heavy atom. The Labute approximate surface area is 54.7 Å². The molecule has 1 aliphatic rings. The number of nitriles is 1. The maximum atomic E-state index is 8.15. The molecule has 0 amide bonds. The van der Waals surface area contributed by atoms with Gasteiger partial charge in [0.05, 0.1) is 12.7 Å². The summed E-state index contributed by atoms with van der Waals surface area (Å²) in [5.74, 6) is 0.490. The van der Waals surface area contributed by atoms with Crippen LogP contribution in [0.4, 0.5) is 0 Å². The summed E-state index contributed by atoms with van der Waals surface area (Å²) in [5, 5.41) is 8.15. The van der Waals surface area contributed by atoms with Gasteiger partial charge < -0.3 is 4.74 Å². The summed E-state index contributed by atoms with van der Waals surface area (Å²) in [6, 6.07) is 1.96. The van der Waals surface area contributed by atoms with Gasteiger partial charge >= 0.3 is 0 Å². The van der Waals surface area contributed by atoms with Crippen LogP contribution in [-0.2, 0) is 4.74 Å². The van der Waals surface area contributed by atoms with Crippen LogP contribution in [0.5, 0.6) is 0 Å².